The highest BCUT2D eigenvalue weighted by Crippen LogP contribution is 2.25. The zero-order valence-electron chi connectivity index (χ0n) is 7.82. The Labute approximate surface area is 91.6 Å². The van der Waals surface area contributed by atoms with Crippen molar-refractivity contribution in [1.29, 1.82) is 0 Å². The van der Waals surface area contributed by atoms with E-state index in [4.69, 9.17) is 16.4 Å². The van der Waals surface area contributed by atoms with Crippen LogP contribution >= 0.6 is 10.7 Å². The molecule has 15 heavy (non-hydrogen) atoms. The van der Waals surface area contributed by atoms with E-state index in [-0.39, 0.29) is 10.6 Å². The van der Waals surface area contributed by atoms with Crippen molar-refractivity contribution in [3.05, 3.63) is 23.8 Å². The van der Waals surface area contributed by atoms with Gasteiger partial charge < -0.3 is 11.1 Å². The molecule has 0 aliphatic heterocycles. The number of carbonyl (C=O) groups is 1. The molecule has 3 N–H and O–H groups in total. The van der Waals surface area contributed by atoms with Crippen molar-refractivity contribution in [2.45, 2.75) is 11.8 Å². The van der Waals surface area contributed by atoms with Gasteiger partial charge in [-0.3, -0.25) is 0 Å². The Bertz CT molecular complexity index is 499. The van der Waals surface area contributed by atoms with E-state index in [0.29, 0.717) is 5.56 Å². The summed E-state index contributed by atoms with van der Waals surface area (Å²) in [4.78, 5) is 10.4. The molecule has 0 aliphatic rings. The zero-order chi connectivity index (χ0) is 11.6. The van der Waals surface area contributed by atoms with Crippen LogP contribution in [0.3, 0.4) is 0 Å². The third kappa shape index (κ3) is 3.10. The SMILES string of the molecule is Cc1ccc(NC(N)=O)c(S(=O)(=O)Cl)c1. The summed E-state index contributed by atoms with van der Waals surface area (Å²) >= 11 is 0. The minimum atomic E-state index is -3.90. The lowest BCUT2D eigenvalue weighted by molar-refractivity contribution is 0.259. The predicted octanol–water partition coefficient (Wildman–Crippen LogP) is 1.41. The maximum absolute atomic E-state index is 11.2. The number of primary amides is 1. The summed E-state index contributed by atoms with van der Waals surface area (Å²) in [6, 6.07) is 3.57. The summed E-state index contributed by atoms with van der Waals surface area (Å²) in [5, 5.41) is 2.18. The zero-order valence-corrected chi connectivity index (χ0v) is 9.39. The van der Waals surface area contributed by atoms with Gasteiger partial charge >= 0.3 is 6.03 Å². The summed E-state index contributed by atoms with van der Waals surface area (Å²) in [7, 11) is 1.30. The molecule has 0 fully saturated rings. The highest BCUT2D eigenvalue weighted by Gasteiger charge is 2.16. The molecule has 0 saturated carbocycles. The summed E-state index contributed by atoms with van der Waals surface area (Å²) in [6.45, 7) is 1.71. The molecule has 0 atom stereocenters. The van der Waals surface area contributed by atoms with Crippen LogP contribution in [0.4, 0.5) is 10.5 Å². The molecule has 5 nitrogen and oxygen atoms in total. The lowest BCUT2D eigenvalue weighted by Gasteiger charge is -2.07. The van der Waals surface area contributed by atoms with Gasteiger partial charge in [0.1, 0.15) is 4.90 Å². The number of rotatable bonds is 2. The quantitative estimate of drug-likeness (QED) is 0.776. The van der Waals surface area contributed by atoms with Gasteiger partial charge in [-0.15, -0.1) is 0 Å². The van der Waals surface area contributed by atoms with E-state index in [9.17, 15) is 13.2 Å². The van der Waals surface area contributed by atoms with E-state index in [1.165, 1.54) is 12.1 Å². The highest BCUT2D eigenvalue weighted by atomic mass is 35.7. The molecule has 0 unspecified atom stereocenters. The fourth-order valence-electron chi connectivity index (χ4n) is 1.07. The Morgan fingerprint density at radius 2 is 2.07 bits per heavy atom. The smallest absolute Gasteiger partial charge is 0.316 e. The predicted molar refractivity (Wildman–Crippen MR) is 57.4 cm³/mol. The van der Waals surface area contributed by atoms with Gasteiger partial charge in [0.15, 0.2) is 0 Å². The molecular formula is C8H9ClN2O3S. The molecule has 0 bridgehead atoms. The maximum atomic E-state index is 11.2. The molecule has 1 rings (SSSR count). The van der Waals surface area contributed by atoms with Crippen molar-refractivity contribution in [3.8, 4) is 0 Å². The van der Waals surface area contributed by atoms with Crippen molar-refractivity contribution in [1.82, 2.24) is 0 Å². The van der Waals surface area contributed by atoms with Crippen LogP contribution in [0.2, 0.25) is 0 Å². The molecule has 0 spiro atoms. The number of halogens is 1. The lowest BCUT2D eigenvalue weighted by atomic mass is 10.2. The minimum Gasteiger partial charge on any atom is -0.351 e. The van der Waals surface area contributed by atoms with Gasteiger partial charge in [-0.2, -0.15) is 0 Å². The Morgan fingerprint density at radius 1 is 1.47 bits per heavy atom. The van der Waals surface area contributed by atoms with Gasteiger partial charge in [0.05, 0.1) is 5.69 Å². The molecule has 0 radical (unpaired) electrons. The van der Waals surface area contributed by atoms with Crippen molar-refractivity contribution in [2.75, 3.05) is 5.32 Å². The van der Waals surface area contributed by atoms with Gasteiger partial charge in [-0.25, -0.2) is 13.2 Å². The summed E-state index contributed by atoms with van der Waals surface area (Å²) in [5.74, 6) is 0. The standard InChI is InChI=1S/C8H9ClN2O3S/c1-5-2-3-6(11-8(10)12)7(4-5)15(9,13)14/h2-4H,1H3,(H3,10,11,12). The third-order valence-corrected chi connectivity index (χ3v) is 3.02. The van der Waals surface area contributed by atoms with Gasteiger partial charge in [0.25, 0.3) is 9.05 Å². The lowest BCUT2D eigenvalue weighted by Crippen LogP contribution is -2.20. The van der Waals surface area contributed by atoms with Crippen LogP contribution in [0.5, 0.6) is 0 Å². The molecule has 0 aliphatic carbocycles. The number of hydrogen-bond acceptors (Lipinski definition) is 3. The summed E-state index contributed by atoms with van der Waals surface area (Å²) < 4.78 is 22.3. The van der Waals surface area contributed by atoms with Crippen LogP contribution in [0.15, 0.2) is 23.1 Å². The summed E-state index contributed by atoms with van der Waals surface area (Å²) in [6.07, 6.45) is 0. The Kier molecular flexibility index (Phi) is 3.21. The molecule has 1 aromatic carbocycles. The van der Waals surface area contributed by atoms with Crippen molar-refractivity contribution in [3.63, 3.8) is 0 Å². The normalized spacial score (nSPS) is 11.1. The van der Waals surface area contributed by atoms with Crippen LogP contribution < -0.4 is 11.1 Å². The molecule has 0 aromatic heterocycles. The topological polar surface area (TPSA) is 89.3 Å². The Balaban J connectivity index is 3.33. The van der Waals surface area contributed by atoms with Gasteiger partial charge in [-0.1, -0.05) is 6.07 Å². The first kappa shape index (κ1) is 11.8. The van der Waals surface area contributed by atoms with E-state index in [1.54, 1.807) is 13.0 Å². The molecule has 7 heteroatoms. The average Bonchev–Trinajstić information content (AvgIpc) is 2.05. The van der Waals surface area contributed by atoms with Gasteiger partial charge in [-0.05, 0) is 24.6 Å². The molecule has 0 saturated heterocycles. The fourth-order valence-corrected chi connectivity index (χ4v) is 2.16. The number of amides is 2. The number of anilines is 1. The number of hydrogen-bond donors (Lipinski definition) is 2. The van der Waals surface area contributed by atoms with E-state index in [2.05, 4.69) is 5.32 Å². The van der Waals surface area contributed by atoms with Crippen molar-refractivity contribution in [2.24, 2.45) is 5.73 Å². The van der Waals surface area contributed by atoms with E-state index < -0.39 is 15.1 Å². The first-order valence-electron chi connectivity index (χ1n) is 3.92. The Morgan fingerprint density at radius 3 is 2.53 bits per heavy atom. The number of benzene rings is 1. The number of nitrogens with two attached hydrogens (primary N) is 1. The van der Waals surface area contributed by atoms with E-state index >= 15 is 0 Å². The second-order valence-electron chi connectivity index (χ2n) is 2.93. The fraction of sp³-hybridized carbons (Fsp3) is 0.125. The van der Waals surface area contributed by atoms with Crippen LogP contribution in [0, 0.1) is 6.92 Å². The first-order chi connectivity index (χ1) is 6.80. The van der Waals surface area contributed by atoms with E-state index in [1.807, 2.05) is 0 Å². The molecule has 2 amide bonds. The van der Waals surface area contributed by atoms with E-state index in [0.717, 1.165) is 0 Å². The number of nitrogens with one attached hydrogen (secondary N) is 1. The van der Waals surface area contributed by atoms with Crippen LogP contribution in [0.1, 0.15) is 5.56 Å². The minimum absolute atomic E-state index is 0.0723. The van der Waals surface area contributed by atoms with Crippen LogP contribution in [0.25, 0.3) is 0 Å². The monoisotopic (exact) mass is 248 g/mol. The molecular weight excluding hydrogens is 240 g/mol. The van der Waals surface area contributed by atoms with Gasteiger partial charge in [0.2, 0.25) is 0 Å². The van der Waals surface area contributed by atoms with Crippen LogP contribution in [-0.2, 0) is 9.05 Å². The second-order valence-corrected chi connectivity index (χ2v) is 5.46. The maximum Gasteiger partial charge on any atom is 0.316 e. The second kappa shape index (κ2) is 4.08. The Hall–Kier alpha value is -1.27. The number of carbonyl (C=O) groups excluding carboxylic acids is 1. The molecule has 82 valence electrons. The average molecular weight is 249 g/mol. The highest BCUT2D eigenvalue weighted by molar-refractivity contribution is 8.13. The van der Waals surface area contributed by atoms with Gasteiger partial charge in [0, 0.05) is 10.7 Å². The molecule has 0 heterocycles. The largest absolute Gasteiger partial charge is 0.351 e. The molecule has 1 aromatic rings. The summed E-state index contributed by atoms with van der Waals surface area (Å²) in [5.41, 5.74) is 5.67. The van der Waals surface area contributed by atoms with Crippen molar-refractivity contribution < 1.29 is 13.2 Å². The van der Waals surface area contributed by atoms with Crippen molar-refractivity contribution >= 4 is 31.5 Å². The number of urea groups is 1. The first-order valence-corrected chi connectivity index (χ1v) is 6.23. The van der Waals surface area contributed by atoms with Crippen LogP contribution in [-0.4, -0.2) is 14.4 Å². The number of aryl methyl sites for hydroxylation is 1. The third-order valence-electron chi connectivity index (χ3n) is 1.66.